The van der Waals surface area contributed by atoms with E-state index < -0.39 is 7.05 Å². The van der Waals surface area contributed by atoms with Crippen molar-refractivity contribution in [1.29, 1.82) is 0 Å². The van der Waals surface area contributed by atoms with E-state index in [1.165, 1.54) is 11.3 Å². The summed E-state index contributed by atoms with van der Waals surface area (Å²) in [6.07, 6.45) is 0.172. The zero-order chi connectivity index (χ0) is 11.3. The lowest BCUT2D eigenvalue weighted by Gasteiger charge is -2.00. The lowest BCUT2D eigenvalue weighted by molar-refractivity contribution is -0.142. The molecule has 0 aromatic carbocycles. The van der Waals surface area contributed by atoms with Crippen LogP contribution in [-0.2, 0) is 16.0 Å². The molecule has 0 aliphatic carbocycles. The minimum atomic E-state index is -0.647. The second-order valence-corrected chi connectivity index (χ2v) is 3.80. The Hall–Kier alpha value is -1.08. The first-order valence-corrected chi connectivity index (χ1v) is 5.54. The van der Waals surface area contributed by atoms with Gasteiger partial charge in [-0.25, -0.2) is 4.98 Å². The summed E-state index contributed by atoms with van der Waals surface area (Å²) in [6, 6.07) is 0. The molecule has 0 saturated heterocycles. The third-order valence-corrected chi connectivity index (χ3v) is 2.34. The van der Waals surface area contributed by atoms with Gasteiger partial charge in [-0.2, -0.15) is 0 Å². The highest BCUT2D eigenvalue weighted by Gasteiger charge is 2.10. The molecule has 82 valence electrons. The third-order valence-electron chi connectivity index (χ3n) is 1.51. The maximum absolute atomic E-state index is 11.1. The first-order valence-electron chi connectivity index (χ1n) is 4.66. The fourth-order valence-corrected chi connectivity index (χ4v) is 1.79. The molecule has 0 fully saturated rings. The molecule has 0 atom stereocenters. The molecule has 7 heteroatoms. The van der Waals surface area contributed by atoms with Gasteiger partial charge in [0.1, 0.15) is 0 Å². The number of carbonyl (C=O) groups is 1. The van der Waals surface area contributed by atoms with Crippen LogP contribution in [-0.4, -0.2) is 29.6 Å². The van der Waals surface area contributed by atoms with E-state index in [-0.39, 0.29) is 12.4 Å². The van der Waals surface area contributed by atoms with Gasteiger partial charge in [0.25, 0.3) is 0 Å². The van der Waals surface area contributed by atoms with Crippen LogP contribution in [0.4, 0.5) is 5.13 Å². The SMILES string of the molecule is CCOC(=O)Cc1csc(NB(C)O)n1. The van der Waals surface area contributed by atoms with E-state index in [0.717, 1.165) is 0 Å². The van der Waals surface area contributed by atoms with Gasteiger partial charge in [-0.15, -0.1) is 11.3 Å². The van der Waals surface area contributed by atoms with Gasteiger partial charge in [0.05, 0.1) is 18.7 Å². The van der Waals surface area contributed by atoms with Crippen LogP contribution in [0.3, 0.4) is 0 Å². The van der Waals surface area contributed by atoms with Gasteiger partial charge in [-0.3, -0.25) is 4.79 Å². The van der Waals surface area contributed by atoms with Crippen LogP contribution < -0.4 is 5.23 Å². The highest BCUT2D eigenvalue weighted by molar-refractivity contribution is 7.14. The summed E-state index contributed by atoms with van der Waals surface area (Å²) in [5.74, 6) is -0.286. The predicted molar refractivity (Wildman–Crippen MR) is 59.9 cm³/mol. The molecule has 15 heavy (non-hydrogen) atoms. The first kappa shape index (κ1) is 12.0. The molecular weight excluding hydrogens is 215 g/mol. The Labute approximate surface area is 92.6 Å². The molecule has 5 nitrogen and oxygen atoms in total. The van der Waals surface area contributed by atoms with Gasteiger partial charge in [0, 0.05) is 5.38 Å². The molecule has 0 radical (unpaired) electrons. The number of thiazole rings is 1. The van der Waals surface area contributed by atoms with Gasteiger partial charge in [-0.05, 0) is 13.7 Å². The van der Waals surface area contributed by atoms with Gasteiger partial charge < -0.3 is 15.0 Å². The summed E-state index contributed by atoms with van der Waals surface area (Å²) in [6.45, 7) is 3.74. The van der Waals surface area contributed by atoms with Crippen LogP contribution >= 0.6 is 11.3 Å². The number of nitrogens with zero attached hydrogens (tertiary/aromatic N) is 1. The number of nitrogens with one attached hydrogen (secondary N) is 1. The first-order chi connectivity index (χ1) is 7.11. The van der Waals surface area contributed by atoms with E-state index in [4.69, 9.17) is 9.76 Å². The Kier molecular flexibility index (Phi) is 4.58. The van der Waals surface area contributed by atoms with E-state index in [1.807, 2.05) is 0 Å². The van der Waals surface area contributed by atoms with E-state index in [0.29, 0.717) is 17.4 Å². The van der Waals surface area contributed by atoms with Crippen molar-refractivity contribution >= 4 is 29.5 Å². The van der Waals surface area contributed by atoms with Crippen LogP contribution in [0.25, 0.3) is 0 Å². The Balaban J connectivity index is 2.49. The molecule has 0 bridgehead atoms. The van der Waals surface area contributed by atoms with Crippen molar-refractivity contribution in [3.63, 3.8) is 0 Å². The monoisotopic (exact) mass is 228 g/mol. The second-order valence-electron chi connectivity index (χ2n) is 2.95. The summed E-state index contributed by atoms with van der Waals surface area (Å²) in [5.41, 5.74) is 0.654. The Morgan fingerprint density at radius 1 is 1.80 bits per heavy atom. The highest BCUT2D eigenvalue weighted by atomic mass is 32.1. The summed E-state index contributed by atoms with van der Waals surface area (Å²) in [4.78, 5) is 15.2. The van der Waals surface area contributed by atoms with Crippen LogP contribution in [0.5, 0.6) is 0 Å². The number of carbonyl (C=O) groups excluding carboxylic acids is 1. The van der Waals surface area contributed by atoms with Crippen molar-refractivity contribution in [3.05, 3.63) is 11.1 Å². The quantitative estimate of drug-likeness (QED) is 0.575. The van der Waals surface area contributed by atoms with Crippen LogP contribution in [0.15, 0.2) is 5.38 Å². The highest BCUT2D eigenvalue weighted by Crippen LogP contribution is 2.15. The summed E-state index contributed by atoms with van der Waals surface area (Å²) in [5, 5.41) is 14.2. The van der Waals surface area contributed by atoms with E-state index in [9.17, 15) is 4.79 Å². The Bertz CT molecular complexity index is 329. The Morgan fingerprint density at radius 2 is 2.53 bits per heavy atom. The number of rotatable bonds is 5. The number of ether oxygens (including phenoxy) is 1. The van der Waals surface area contributed by atoms with Crippen molar-refractivity contribution in [2.75, 3.05) is 11.8 Å². The number of anilines is 1. The fourth-order valence-electron chi connectivity index (χ4n) is 0.993. The molecule has 0 spiro atoms. The topological polar surface area (TPSA) is 71.5 Å². The lowest BCUT2D eigenvalue weighted by atomic mass is 9.90. The zero-order valence-corrected chi connectivity index (χ0v) is 9.50. The molecule has 0 aliphatic heterocycles. The number of hydrogen-bond donors (Lipinski definition) is 2. The molecular formula is C8H13BN2O3S. The van der Waals surface area contributed by atoms with E-state index in [2.05, 4.69) is 10.2 Å². The van der Waals surface area contributed by atoms with Crippen LogP contribution in [0.2, 0.25) is 6.82 Å². The van der Waals surface area contributed by atoms with E-state index >= 15 is 0 Å². The van der Waals surface area contributed by atoms with Gasteiger partial charge in [0.15, 0.2) is 5.13 Å². The standard InChI is InChI=1S/C8H13BN2O3S/c1-3-14-7(12)4-6-5-15-8(10-6)11-9(2)13/h5,13H,3-4H2,1-2H3,(H,10,11). The third kappa shape index (κ3) is 4.31. The second kappa shape index (κ2) is 5.72. The average molecular weight is 228 g/mol. The molecule has 1 heterocycles. The zero-order valence-electron chi connectivity index (χ0n) is 8.69. The molecule has 1 aromatic heterocycles. The normalized spacial score (nSPS) is 9.80. The van der Waals surface area contributed by atoms with E-state index in [1.54, 1.807) is 19.1 Å². The average Bonchev–Trinajstić information content (AvgIpc) is 2.51. The van der Waals surface area contributed by atoms with Gasteiger partial charge in [-0.1, -0.05) is 0 Å². The molecule has 1 aromatic rings. The fraction of sp³-hybridized carbons (Fsp3) is 0.500. The molecule has 0 aliphatic rings. The maximum atomic E-state index is 11.1. The molecule has 0 amide bonds. The van der Waals surface area contributed by atoms with Gasteiger partial charge in [0.2, 0.25) is 0 Å². The smallest absolute Gasteiger partial charge is 0.408 e. The summed E-state index contributed by atoms with van der Waals surface area (Å²) >= 11 is 1.35. The Morgan fingerprint density at radius 3 is 3.13 bits per heavy atom. The largest absolute Gasteiger partial charge is 0.466 e. The van der Waals surface area contributed by atoms with Crippen molar-refractivity contribution in [2.45, 2.75) is 20.2 Å². The minimum Gasteiger partial charge on any atom is -0.466 e. The van der Waals surface area contributed by atoms with Crippen molar-refractivity contribution < 1.29 is 14.6 Å². The molecule has 2 N–H and O–H groups in total. The predicted octanol–water partition coefficient (Wildman–Crippen LogP) is 0.771. The van der Waals surface area contributed by atoms with Crippen molar-refractivity contribution in [1.82, 2.24) is 4.98 Å². The summed E-state index contributed by atoms with van der Waals surface area (Å²) < 4.78 is 4.79. The van der Waals surface area contributed by atoms with Crippen molar-refractivity contribution in [2.24, 2.45) is 0 Å². The number of hydrogen-bond acceptors (Lipinski definition) is 6. The number of esters is 1. The molecule has 0 saturated carbocycles. The molecule has 1 rings (SSSR count). The van der Waals surface area contributed by atoms with Gasteiger partial charge >= 0.3 is 13.0 Å². The van der Waals surface area contributed by atoms with Crippen LogP contribution in [0, 0.1) is 0 Å². The number of aromatic nitrogens is 1. The lowest BCUT2D eigenvalue weighted by Crippen LogP contribution is -2.19. The summed E-state index contributed by atoms with van der Waals surface area (Å²) in [7, 11) is -0.647. The maximum Gasteiger partial charge on any atom is 0.408 e. The minimum absolute atomic E-state index is 0.172. The molecule has 0 unspecified atom stereocenters. The van der Waals surface area contributed by atoms with Crippen LogP contribution in [0.1, 0.15) is 12.6 Å². The van der Waals surface area contributed by atoms with Crippen molar-refractivity contribution in [3.8, 4) is 0 Å².